The Morgan fingerprint density at radius 2 is 1.85 bits per heavy atom. The molecule has 0 fully saturated rings. The van der Waals surface area contributed by atoms with Crippen LogP contribution in [0.1, 0.15) is 44.8 Å². The van der Waals surface area contributed by atoms with Gasteiger partial charge in [0.1, 0.15) is 11.6 Å². The fraction of sp³-hybridized carbons (Fsp3) is 0.125. The minimum Gasteiger partial charge on any atom is -0.386 e. The van der Waals surface area contributed by atoms with Crippen LogP contribution >= 0.6 is 11.6 Å². The number of anilines is 2. The Balaban J connectivity index is 1.57. The second-order valence-electron chi connectivity index (χ2n) is 7.93. The van der Waals surface area contributed by atoms with Crippen molar-refractivity contribution in [3.63, 3.8) is 0 Å². The van der Waals surface area contributed by atoms with Gasteiger partial charge in [0.05, 0.1) is 41.7 Å². The number of nitrogens with zero attached hydrogens (tertiary/aromatic N) is 2. The third-order valence-electron chi connectivity index (χ3n) is 5.87. The molecule has 0 saturated carbocycles. The van der Waals surface area contributed by atoms with Crippen LogP contribution in [-0.4, -0.2) is 23.6 Å². The SMILES string of the molecule is N#Cc1cc(NC(=O)N2C[C@@H](O)c3cc(F)ccc32)c2c(c1)C(=O)N[C@H]2c1cc(F)ccc1Cl. The van der Waals surface area contributed by atoms with Crippen molar-refractivity contribution in [3.8, 4) is 6.07 Å². The number of nitrogens with one attached hydrogen (secondary N) is 2. The van der Waals surface area contributed by atoms with Crippen molar-refractivity contribution in [2.24, 2.45) is 0 Å². The average Bonchev–Trinajstić information content (AvgIpc) is 3.32. The van der Waals surface area contributed by atoms with Crippen LogP contribution < -0.4 is 15.5 Å². The quantitative estimate of drug-likeness (QED) is 0.505. The van der Waals surface area contributed by atoms with E-state index in [9.17, 15) is 28.7 Å². The predicted octanol–water partition coefficient (Wildman–Crippen LogP) is 4.41. The molecule has 10 heteroatoms. The summed E-state index contributed by atoms with van der Waals surface area (Å²) in [6.07, 6.45) is -1.07. The third-order valence-corrected chi connectivity index (χ3v) is 6.21. The minimum absolute atomic E-state index is 0.110. The molecule has 0 aliphatic carbocycles. The summed E-state index contributed by atoms with van der Waals surface area (Å²) in [6, 6.07) is 10.6. The van der Waals surface area contributed by atoms with E-state index in [4.69, 9.17) is 11.6 Å². The first kappa shape index (κ1) is 21.8. The summed E-state index contributed by atoms with van der Waals surface area (Å²) >= 11 is 6.27. The van der Waals surface area contributed by atoms with Gasteiger partial charge in [0.15, 0.2) is 0 Å². The number of benzene rings is 3. The van der Waals surface area contributed by atoms with E-state index in [1.807, 2.05) is 6.07 Å². The highest BCUT2D eigenvalue weighted by molar-refractivity contribution is 6.31. The Hall–Kier alpha value is -4.00. The van der Waals surface area contributed by atoms with Gasteiger partial charge in [-0.1, -0.05) is 11.6 Å². The summed E-state index contributed by atoms with van der Waals surface area (Å²) in [5.74, 6) is -1.61. The Bertz CT molecular complexity index is 1420. The Morgan fingerprint density at radius 1 is 1.15 bits per heavy atom. The van der Waals surface area contributed by atoms with E-state index in [1.165, 1.54) is 47.4 Å². The third kappa shape index (κ3) is 3.53. The van der Waals surface area contributed by atoms with E-state index in [0.717, 1.165) is 6.07 Å². The Kier molecular flexibility index (Phi) is 5.20. The van der Waals surface area contributed by atoms with Crippen LogP contribution in [0, 0.1) is 23.0 Å². The highest BCUT2D eigenvalue weighted by Gasteiger charge is 2.36. The van der Waals surface area contributed by atoms with E-state index in [-0.39, 0.29) is 39.5 Å². The molecule has 5 rings (SSSR count). The first-order valence-corrected chi connectivity index (χ1v) is 10.5. The van der Waals surface area contributed by atoms with Crippen molar-refractivity contribution in [2.45, 2.75) is 12.1 Å². The molecule has 0 aromatic heterocycles. The number of fused-ring (bicyclic) bond motifs is 2. The number of β-amino-alcohol motifs (C(OH)–C–C–N with tert-alkyl or cyclic N) is 1. The van der Waals surface area contributed by atoms with Gasteiger partial charge in [-0.3, -0.25) is 9.69 Å². The molecule has 34 heavy (non-hydrogen) atoms. The summed E-state index contributed by atoms with van der Waals surface area (Å²) in [7, 11) is 0. The van der Waals surface area contributed by atoms with Gasteiger partial charge < -0.3 is 15.7 Å². The smallest absolute Gasteiger partial charge is 0.326 e. The van der Waals surface area contributed by atoms with Crippen LogP contribution in [0.3, 0.4) is 0 Å². The molecule has 0 bridgehead atoms. The van der Waals surface area contributed by atoms with Gasteiger partial charge in [0, 0.05) is 27.3 Å². The monoisotopic (exact) mass is 480 g/mol. The number of carbonyl (C=O) groups is 2. The lowest BCUT2D eigenvalue weighted by molar-refractivity contribution is 0.0960. The number of hydrogen-bond acceptors (Lipinski definition) is 4. The molecule has 0 radical (unpaired) electrons. The molecule has 0 saturated heterocycles. The molecular weight excluding hydrogens is 466 g/mol. The molecule has 3 aromatic carbocycles. The molecule has 7 nitrogen and oxygen atoms in total. The van der Waals surface area contributed by atoms with Gasteiger partial charge in [-0.05, 0) is 48.5 Å². The standard InChI is InChI=1S/C24H15ClF2N4O3/c25-17-3-1-12(26)7-14(17)22-21-16(23(33)30-22)5-11(9-28)6-18(21)29-24(34)31-10-20(32)15-8-13(27)2-4-19(15)31/h1-8,20,22,32H,10H2,(H,29,34)(H,30,33)/t20-,22+/m1/s1. The highest BCUT2D eigenvalue weighted by atomic mass is 35.5. The summed E-state index contributed by atoms with van der Waals surface area (Å²) in [4.78, 5) is 27.1. The van der Waals surface area contributed by atoms with Crippen molar-refractivity contribution in [3.05, 3.63) is 93.0 Å². The normalized spacial score (nSPS) is 18.2. The average molecular weight is 481 g/mol. The maximum absolute atomic E-state index is 14.0. The number of aliphatic hydroxyl groups is 1. The number of carbonyl (C=O) groups excluding carboxylic acids is 2. The summed E-state index contributed by atoms with van der Waals surface area (Å²) in [6.45, 7) is -0.110. The van der Waals surface area contributed by atoms with Gasteiger partial charge in [-0.25, -0.2) is 13.6 Å². The van der Waals surface area contributed by atoms with Crippen LogP contribution in [0.15, 0.2) is 48.5 Å². The Morgan fingerprint density at radius 3 is 2.59 bits per heavy atom. The van der Waals surface area contributed by atoms with Crippen LogP contribution in [0.5, 0.6) is 0 Å². The van der Waals surface area contributed by atoms with E-state index < -0.39 is 35.7 Å². The second-order valence-corrected chi connectivity index (χ2v) is 8.34. The van der Waals surface area contributed by atoms with E-state index >= 15 is 0 Å². The number of amides is 3. The lowest BCUT2D eigenvalue weighted by Crippen LogP contribution is -2.34. The van der Waals surface area contributed by atoms with E-state index in [0.29, 0.717) is 11.3 Å². The zero-order valence-electron chi connectivity index (χ0n) is 17.3. The van der Waals surface area contributed by atoms with Crippen molar-refractivity contribution in [1.29, 1.82) is 5.26 Å². The first-order valence-electron chi connectivity index (χ1n) is 10.2. The molecule has 2 aliphatic rings. The molecule has 0 unspecified atom stereocenters. The van der Waals surface area contributed by atoms with Gasteiger partial charge >= 0.3 is 6.03 Å². The number of hydrogen-bond donors (Lipinski definition) is 3. The van der Waals surface area contributed by atoms with E-state index in [1.54, 1.807) is 0 Å². The molecule has 3 amide bonds. The fourth-order valence-electron chi connectivity index (χ4n) is 4.35. The van der Waals surface area contributed by atoms with Crippen molar-refractivity contribution in [1.82, 2.24) is 5.32 Å². The number of halogens is 3. The molecule has 2 heterocycles. The topological polar surface area (TPSA) is 105 Å². The number of urea groups is 1. The van der Waals surface area contributed by atoms with Gasteiger partial charge in [0.25, 0.3) is 5.91 Å². The van der Waals surface area contributed by atoms with Crippen LogP contribution in [-0.2, 0) is 0 Å². The van der Waals surface area contributed by atoms with Gasteiger partial charge in [-0.15, -0.1) is 0 Å². The summed E-state index contributed by atoms with van der Waals surface area (Å²) in [5.41, 5.74) is 1.62. The zero-order valence-corrected chi connectivity index (χ0v) is 18.0. The van der Waals surface area contributed by atoms with Crippen LogP contribution in [0.4, 0.5) is 25.0 Å². The maximum atomic E-state index is 14.0. The molecule has 170 valence electrons. The van der Waals surface area contributed by atoms with Crippen molar-refractivity contribution < 1.29 is 23.5 Å². The lowest BCUT2D eigenvalue weighted by Gasteiger charge is -2.21. The van der Waals surface area contributed by atoms with Gasteiger partial charge in [-0.2, -0.15) is 5.26 Å². The fourth-order valence-corrected chi connectivity index (χ4v) is 4.58. The maximum Gasteiger partial charge on any atom is 0.326 e. The molecule has 3 aromatic rings. The lowest BCUT2D eigenvalue weighted by atomic mass is 9.94. The van der Waals surface area contributed by atoms with E-state index in [2.05, 4.69) is 10.6 Å². The molecule has 0 spiro atoms. The first-order chi connectivity index (χ1) is 16.3. The predicted molar refractivity (Wildman–Crippen MR) is 120 cm³/mol. The van der Waals surface area contributed by atoms with Crippen LogP contribution in [0.2, 0.25) is 5.02 Å². The van der Waals surface area contributed by atoms with Crippen molar-refractivity contribution >= 4 is 34.9 Å². The minimum atomic E-state index is -1.07. The summed E-state index contributed by atoms with van der Waals surface area (Å²) in [5, 5.41) is 25.3. The molecule has 2 atom stereocenters. The zero-order chi connectivity index (χ0) is 24.1. The largest absolute Gasteiger partial charge is 0.386 e. The van der Waals surface area contributed by atoms with Gasteiger partial charge in [0.2, 0.25) is 0 Å². The molecular formula is C24H15ClF2N4O3. The van der Waals surface area contributed by atoms with Crippen molar-refractivity contribution in [2.75, 3.05) is 16.8 Å². The molecule has 2 aliphatic heterocycles. The highest BCUT2D eigenvalue weighted by Crippen LogP contribution is 2.41. The number of aliphatic hydroxyl groups excluding tert-OH is 1. The summed E-state index contributed by atoms with van der Waals surface area (Å²) < 4.78 is 27.6. The Labute approximate surface area is 197 Å². The van der Waals surface area contributed by atoms with Crippen LogP contribution in [0.25, 0.3) is 0 Å². The molecule has 3 N–H and O–H groups in total. The number of rotatable bonds is 2. The number of nitriles is 1. The second kappa shape index (κ2) is 8.09.